The van der Waals surface area contributed by atoms with E-state index < -0.39 is 5.60 Å². The maximum Gasteiger partial charge on any atom is 0.145 e. The van der Waals surface area contributed by atoms with E-state index >= 15 is 0 Å². The maximum atomic E-state index is 11.5. The van der Waals surface area contributed by atoms with Crippen LogP contribution in [0.5, 0.6) is 0 Å². The third kappa shape index (κ3) is 9.02. The average Bonchev–Trinajstić information content (AvgIpc) is 2.75. The number of hydrogen-bond donors (Lipinski definition) is 2. The lowest BCUT2D eigenvalue weighted by Crippen LogP contribution is -2.52. The van der Waals surface area contributed by atoms with E-state index in [1.807, 2.05) is 13.8 Å². The molecule has 188 valence electrons. The summed E-state index contributed by atoms with van der Waals surface area (Å²) in [5, 5.41) is 20.8. The van der Waals surface area contributed by atoms with Crippen molar-refractivity contribution in [1.82, 2.24) is 0 Å². The number of aliphatic hydroxyl groups is 2. The zero-order valence-electron chi connectivity index (χ0n) is 22.4. The first-order valence-electron chi connectivity index (χ1n) is 12.9. The minimum absolute atomic E-state index is 0.123. The average molecular weight is 459 g/mol. The van der Waals surface area contributed by atoms with Crippen molar-refractivity contribution in [3.63, 3.8) is 0 Å². The standard InChI is InChI=1S/C30H50O3/c1-23(2)16-17-25(4)13-9-8-12-24(3)14-10-19-29(6)28(15-11-21-31)27(26(5)22-32)18-20-30(29,7)33/h9,13-14,16,22,25,28,31,33H,8,10-12,15,17-21H2,1-7H3. The molecule has 0 saturated heterocycles. The van der Waals surface area contributed by atoms with E-state index in [0.717, 1.165) is 56.8 Å². The minimum Gasteiger partial charge on any atom is -0.396 e. The summed E-state index contributed by atoms with van der Waals surface area (Å²) >= 11 is 0. The highest BCUT2D eigenvalue weighted by atomic mass is 16.3. The van der Waals surface area contributed by atoms with Crippen LogP contribution in [-0.2, 0) is 4.79 Å². The van der Waals surface area contributed by atoms with Crippen LogP contribution in [-0.4, -0.2) is 28.7 Å². The number of aldehydes is 1. The predicted octanol–water partition coefficient (Wildman–Crippen LogP) is 7.50. The van der Waals surface area contributed by atoms with Crippen LogP contribution < -0.4 is 0 Å². The Labute approximate surface area is 203 Å². The lowest BCUT2D eigenvalue weighted by Gasteiger charge is -2.53. The molecule has 0 aromatic rings. The number of allylic oxidation sites excluding steroid dienone is 8. The monoisotopic (exact) mass is 458 g/mol. The van der Waals surface area contributed by atoms with Gasteiger partial charge < -0.3 is 10.2 Å². The van der Waals surface area contributed by atoms with Gasteiger partial charge in [0.25, 0.3) is 0 Å². The fourth-order valence-corrected chi connectivity index (χ4v) is 5.24. The molecular formula is C30H50O3. The normalized spacial score (nSPS) is 28.6. The van der Waals surface area contributed by atoms with Gasteiger partial charge in [-0.25, -0.2) is 0 Å². The molecule has 0 bridgehead atoms. The van der Waals surface area contributed by atoms with Gasteiger partial charge in [0.15, 0.2) is 0 Å². The fraction of sp³-hybridized carbons (Fsp3) is 0.700. The van der Waals surface area contributed by atoms with Crippen molar-refractivity contribution in [2.24, 2.45) is 17.3 Å². The second kappa shape index (κ2) is 14.1. The first-order valence-corrected chi connectivity index (χ1v) is 12.9. The van der Waals surface area contributed by atoms with Crippen molar-refractivity contribution in [2.45, 2.75) is 112 Å². The quantitative estimate of drug-likeness (QED) is 0.171. The lowest BCUT2D eigenvalue weighted by atomic mass is 9.54. The summed E-state index contributed by atoms with van der Waals surface area (Å²) in [5.41, 5.74) is 3.64. The minimum atomic E-state index is -0.786. The smallest absolute Gasteiger partial charge is 0.145 e. The van der Waals surface area contributed by atoms with Crippen molar-refractivity contribution in [3.8, 4) is 0 Å². The van der Waals surface area contributed by atoms with E-state index in [9.17, 15) is 15.0 Å². The Morgan fingerprint density at radius 2 is 1.85 bits per heavy atom. The van der Waals surface area contributed by atoms with Gasteiger partial charge >= 0.3 is 0 Å². The van der Waals surface area contributed by atoms with E-state index in [1.165, 1.54) is 16.7 Å². The van der Waals surface area contributed by atoms with Crippen LogP contribution in [0.2, 0.25) is 0 Å². The molecule has 1 aliphatic rings. The Balaban J connectivity index is 2.81. The van der Waals surface area contributed by atoms with Crippen LogP contribution in [0, 0.1) is 17.3 Å². The van der Waals surface area contributed by atoms with Crippen LogP contribution >= 0.6 is 0 Å². The molecular weight excluding hydrogens is 408 g/mol. The van der Waals surface area contributed by atoms with E-state index in [1.54, 1.807) is 0 Å². The topological polar surface area (TPSA) is 57.5 Å². The molecule has 1 aliphatic carbocycles. The first kappa shape index (κ1) is 29.6. The zero-order chi connectivity index (χ0) is 25.1. The molecule has 3 nitrogen and oxygen atoms in total. The highest BCUT2D eigenvalue weighted by molar-refractivity contribution is 5.74. The number of rotatable bonds is 13. The molecule has 0 heterocycles. The van der Waals surface area contributed by atoms with E-state index in [2.05, 4.69) is 58.9 Å². The van der Waals surface area contributed by atoms with Gasteiger partial charge in [-0.2, -0.15) is 0 Å². The Morgan fingerprint density at radius 1 is 1.15 bits per heavy atom. The van der Waals surface area contributed by atoms with Gasteiger partial charge in [-0.3, -0.25) is 4.79 Å². The zero-order valence-corrected chi connectivity index (χ0v) is 22.4. The number of carbonyl (C=O) groups excluding carboxylic acids is 1. The molecule has 0 aliphatic heterocycles. The summed E-state index contributed by atoms with van der Waals surface area (Å²) in [6, 6.07) is 0. The third-order valence-corrected chi connectivity index (χ3v) is 7.86. The van der Waals surface area contributed by atoms with E-state index in [0.29, 0.717) is 18.8 Å². The van der Waals surface area contributed by atoms with Crippen molar-refractivity contribution in [1.29, 1.82) is 0 Å². The molecule has 2 N–H and O–H groups in total. The number of aliphatic hydroxyl groups excluding tert-OH is 1. The largest absolute Gasteiger partial charge is 0.396 e. The molecule has 3 heteroatoms. The van der Waals surface area contributed by atoms with Gasteiger partial charge in [0.2, 0.25) is 0 Å². The van der Waals surface area contributed by atoms with Gasteiger partial charge in [0.05, 0.1) is 5.60 Å². The van der Waals surface area contributed by atoms with Gasteiger partial charge in [-0.05, 0) is 110 Å². The van der Waals surface area contributed by atoms with Gasteiger partial charge in [0, 0.05) is 12.0 Å². The Bertz CT molecular complexity index is 734. The van der Waals surface area contributed by atoms with Crippen LogP contribution in [0.3, 0.4) is 0 Å². The Hall–Kier alpha value is -1.45. The second-order valence-corrected chi connectivity index (χ2v) is 11.0. The summed E-state index contributed by atoms with van der Waals surface area (Å²) in [5.74, 6) is 0.697. The molecule has 4 unspecified atom stereocenters. The molecule has 4 atom stereocenters. The third-order valence-electron chi connectivity index (χ3n) is 7.86. The first-order chi connectivity index (χ1) is 15.5. The van der Waals surface area contributed by atoms with Crippen molar-refractivity contribution < 1.29 is 15.0 Å². The molecule has 1 rings (SSSR count). The Kier molecular flexibility index (Phi) is 12.6. The molecule has 1 fully saturated rings. The van der Waals surface area contributed by atoms with Crippen LogP contribution in [0.1, 0.15) is 106 Å². The summed E-state index contributed by atoms with van der Waals surface area (Å²) in [6.07, 6.45) is 18.2. The van der Waals surface area contributed by atoms with Gasteiger partial charge in [-0.15, -0.1) is 0 Å². The molecule has 0 radical (unpaired) electrons. The SMILES string of the molecule is CC(C)=CCC(C)C=CCCC(C)=CCCC1(C)C(CCCO)C(=C(C)C=O)CCC1(C)O. The molecule has 0 aromatic heterocycles. The van der Waals surface area contributed by atoms with E-state index in [-0.39, 0.29) is 17.9 Å². The summed E-state index contributed by atoms with van der Waals surface area (Å²) < 4.78 is 0. The second-order valence-electron chi connectivity index (χ2n) is 11.0. The molecule has 0 aromatic carbocycles. The van der Waals surface area contributed by atoms with Crippen molar-refractivity contribution in [3.05, 3.63) is 46.6 Å². The fourth-order valence-electron chi connectivity index (χ4n) is 5.24. The van der Waals surface area contributed by atoms with Crippen molar-refractivity contribution in [2.75, 3.05) is 6.61 Å². The predicted molar refractivity (Wildman–Crippen MR) is 141 cm³/mol. The van der Waals surface area contributed by atoms with Crippen LogP contribution in [0.4, 0.5) is 0 Å². The lowest BCUT2D eigenvalue weighted by molar-refractivity contribution is -0.115. The molecule has 33 heavy (non-hydrogen) atoms. The molecule has 0 spiro atoms. The summed E-state index contributed by atoms with van der Waals surface area (Å²) in [6.45, 7) is 14.9. The Morgan fingerprint density at radius 3 is 2.45 bits per heavy atom. The summed E-state index contributed by atoms with van der Waals surface area (Å²) in [7, 11) is 0. The van der Waals surface area contributed by atoms with Gasteiger partial charge in [-0.1, -0.05) is 54.9 Å². The highest BCUT2D eigenvalue weighted by Gasteiger charge is 2.51. The van der Waals surface area contributed by atoms with Gasteiger partial charge in [0.1, 0.15) is 6.29 Å². The van der Waals surface area contributed by atoms with E-state index in [4.69, 9.17) is 0 Å². The van der Waals surface area contributed by atoms with Crippen LogP contribution in [0.25, 0.3) is 0 Å². The van der Waals surface area contributed by atoms with Crippen LogP contribution in [0.15, 0.2) is 46.6 Å². The van der Waals surface area contributed by atoms with Crippen molar-refractivity contribution >= 4 is 6.29 Å². The number of hydrogen-bond acceptors (Lipinski definition) is 3. The molecule has 0 amide bonds. The number of carbonyl (C=O) groups is 1. The molecule has 1 saturated carbocycles. The highest BCUT2D eigenvalue weighted by Crippen LogP contribution is 2.55. The summed E-state index contributed by atoms with van der Waals surface area (Å²) in [4.78, 5) is 11.5. The maximum absolute atomic E-state index is 11.5.